The molecule has 0 radical (unpaired) electrons. The van der Waals surface area contributed by atoms with E-state index < -0.39 is 0 Å². The Morgan fingerprint density at radius 3 is 2.83 bits per heavy atom. The Balaban J connectivity index is 2.26. The number of nitrogens with two attached hydrogens (primary N) is 1. The molecule has 0 bridgehead atoms. The topological polar surface area (TPSA) is 63.8 Å². The fraction of sp³-hybridized carbons (Fsp3) is 0.167. The lowest BCUT2D eigenvalue weighted by molar-refractivity contribution is 0.602. The van der Waals surface area contributed by atoms with Crippen molar-refractivity contribution in [3.63, 3.8) is 0 Å². The summed E-state index contributed by atoms with van der Waals surface area (Å²) in [5, 5.41) is 3.67. The van der Waals surface area contributed by atoms with Crippen LogP contribution in [0.1, 0.15) is 6.92 Å². The number of anilines is 2. The summed E-state index contributed by atoms with van der Waals surface area (Å²) in [6.45, 7) is 2.70. The first-order valence-corrected chi connectivity index (χ1v) is 6.31. The van der Waals surface area contributed by atoms with Crippen LogP contribution in [0.25, 0.3) is 0 Å². The van der Waals surface area contributed by atoms with Crippen molar-refractivity contribution < 1.29 is 4.39 Å². The van der Waals surface area contributed by atoms with Gasteiger partial charge >= 0.3 is 0 Å². The predicted molar refractivity (Wildman–Crippen MR) is 71.1 cm³/mol. The molecule has 4 nitrogen and oxygen atoms in total. The third-order valence-corrected chi connectivity index (χ3v) is 3.10. The van der Waals surface area contributed by atoms with Crippen LogP contribution in [0.5, 0.6) is 0 Å². The van der Waals surface area contributed by atoms with E-state index in [4.69, 9.17) is 5.73 Å². The van der Waals surface area contributed by atoms with Gasteiger partial charge in [-0.05, 0) is 19.1 Å². The van der Waals surface area contributed by atoms with Crippen molar-refractivity contribution in [1.82, 2.24) is 9.97 Å². The average molecular weight is 264 g/mol. The van der Waals surface area contributed by atoms with Crippen LogP contribution in [0, 0.1) is 5.82 Å². The van der Waals surface area contributed by atoms with E-state index in [1.807, 2.05) is 6.92 Å². The van der Waals surface area contributed by atoms with E-state index >= 15 is 0 Å². The minimum Gasteiger partial charge on any atom is -0.370 e. The van der Waals surface area contributed by atoms with Crippen LogP contribution in [0.3, 0.4) is 0 Å². The second-order valence-electron chi connectivity index (χ2n) is 3.51. The molecule has 94 valence electrons. The molecule has 0 atom stereocenters. The number of nitrogens with zero attached hydrogens (tertiary/aromatic N) is 2. The molecular formula is C12H13FN4S. The van der Waals surface area contributed by atoms with Crippen molar-refractivity contribution >= 4 is 23.5 Å². The number of nitrogen functional groups attached to an aromatic ring is 1. The minimum absolute atomic E-state index is 0.173. The number of halogens is 1. The minimum atomic E-state index is -0.273. The summed E-state index contributed by atoms with van der Waals surface area (Å²) in [6.07, 6.45) is 0. The number of hydrogen-bond donors (Lipinski definition) is 2. The molecule has 18 heavy (non-hydrogen) atoms. The summed E-state index contributed by atoms with van der Waals surface area (Å²) < 4.78 is 13.5. The van der Waals surface area contributed by atoms with Gasteiger partial charge in [0.05, 0.1) is 0 Å². The largest absolute Gasteiger partial charge is 0.370 e. The van der Waals surface area contributed by atoms with Crippen LogP contribution in [0.4, 0.5) is 16.2 Å². The molecule has 0 unspecified atom stereocenters. The number of nitrogens with one attached hydrogen (secondary N) is 1. The third kappa shape index (κ3) is 3.10. The molecule has 1 heterocycles. The van der Waals surface area contributed by atoms with Crippen molar-refractivity contribution in [2.75, 3.05) is 17.6 Å². The van der Waals surface area contributed by atoms with E-state index in [1.54, 1.807) is 24.3 Å². The summed E-state index contributed by atoms with van der Waals surface area (Å²) in [5.41, 5.74) is 5.61. The van der Waals surface area contributed by atoms with Gasteiger partial charge in [0.2, 0.25) is 5.95 Å². The van der Waals surface area contributed by atoms with Gasteiger partial charge in [-0.3, -0.25) is 0 Å². The Labute approximate surface area is 109 Å². The maximum absolute atomic E-state index is 13.5. The molecule has 0 aliphatic rings. The van der Waals surface area contributed by atoms with Gasteiger partial charge in [0.15, 0.2) is 0 Å². The summed E-state index contributed by atoms with van der Waals surface area (Å²) in [6, 6.07) is 8.29. The molecule has 1 aromatic heterocycles. The number of hydrogen-bond acceptors (Lipinski definition) is 5. The van der Waals surface area contributed by atoms with Crippen LogP contribution in [-0.4, -0.2) is 16.5 Å². The van der Waals surface area contributed by atoms with E-state index in [-0.39, 0.29) is 11.8 Å². The van der Waals surface area contributed by atoms with Crippen molar-refractivity contribution in [3.8, 4) is 0 Å². The summed E-state index contributed by atoms with van der Waals surface area (Å²) in [4.78, 5) is 8.62. The lowest BCUT2D eigenvalue weighted by atomic mass is 10.3. The predicted octanol–water partition coefficient (Wildman–Crippen LogP) is 2.78. The first kappa shape index (κ1) is 12.6. The molecule has 3 N–H and O–H groups in total. The monoisotopic (exact) mass is 264 g/mol. The van der Waals surface area contributed by atoms with E-state index in [9.17, 15) is 4.39 Å². The summed E-state index contributed by atoms with van der Waals surface area (Å²) >= 11 is 1.22. The van der Waals surface area contributed by atoms with Gasteiger partial charge in [-0.1, -0.05) is 23.9 Å². The zero-order chi connectivity index (χ0) is 13.0. The second kappa shape index (κ2) is 5.68. The zero-order valence-corrected chi connectivity index (χ0v) is 10.7. The fourth-order valence-electron chi connectivity index (χ4n) is 1.41. The van der Waals surface area contributed by atoms with Gasteiger partial charge in [-0.2, -0.15) is 4.98 Å². The van der Waals surface area contributed by atoms with Crippen molar-refractivity contribution in [3.05, 3.63) is 36.1 Å². The maximum Gasteiger partial charge on any atom is 0.223 e. The van der Waals surface area contributed by atoms with Crippen molar-refractivity contribution in [2.45, 2.75) is 16.8 Å². The zero-order valence-electron chi connectivity index (χ0n) is 9.85. The van der Waals surface area contributed by atoms with Crippen LogP contribution >= 0.6 is 11.8 Å². The van der Waals surface area contributed by atoms with E-state index in [0.717, 1.165) is 6.54 Å². The Morgan fingerprint density at radius 2 is 2.11 bits per heavy atom. The lowest BCUT2D eigenvalue weighted by Crippen LogP contribution is -2.03. The third-order valence-electron chi connectivity index (χ3n) is 2.13. The molecular weight excluding hydrogens is 251 g/mol. The first-order chi connectivity index (χ1) is 8.69. The fourth-order valence-corrected chi connectivity index (χ4v) is 2.25. The van der Waals surface area contributed by atoms with E-state index in [1.165, 1.54) is 17.8 Å². The quantitative estimate of drug-likeness (QED) is 0.831. The molecule has 0 saturated heterocycles. The van der Waals surface area contributed by atoms with Crippen LogP contribution < -0.4 is 11.1 Å². The molecule has 0 spiro atoms. The highest BCUT2D eigenvalue weighted by molar-refractivity contribution is 7.99. The molecule has 0 aliphatic carbocycles. The Kier molecular flexibility index (Phi) is 3.99. The molecule has 6 heteroatoms. The van der Waals surface area contributed by atoms with Crippen LogP contribution in [0.15, 0.2) is 40.3 Å². The summed E-state index contributed by atoms with van der Waals surface area (Å²) in [7, 11) is 0. The van der Waals surface area contributed by atoms with Crippen LogP contribution in [-0.2, 0) is 0 Å². The van der Waals surface area contributed by atoms with Gasteiger partial charge < -0.3 is 11.1 Å². The Hall–Kier alpha value is -1.82. The second-order valence-corrected chi connectivity index (χ2v) is 4.57. The molecule has 2 aromatic rings. The maximum atomic E-state index is 13.5. The lowest BCUT2D eigenvalue weighted by Gasteiger charge is -2.06. The van der Waals surface area contributed by atoms with Gasteiger partial charge in [-0.15, -0.1) is 0 Å². The van der Waals surface area contributed by atoms with E-state index in [2.05, 4.69) is 15.3 Å². The highest BCUT2D eigenvalue weighted by Crippen LogP contribution is 2.29. The Morgan fingerprint density at radius 1 is 1.33 bits per heavy atom. The van der Waals surface area contributed by atoms with Gasteiger partial charge in [0.25, 0.3) is 0 Å². The molecule has 1 aromatic carbocycles. The standard InChI is InChI=1S/C12H13FN4S/c1-2-15-10-7-11(17-12(14)16-10)18-9-6-4-3-5-8(9)13/h3-7H,2H2,1H3,(H3,14,15,16,17). The molecule has 0 amide bonds. The molecule has 0 aliphatic heterocycles. The number of rotatable bonds is 4. The molecule has 2 rings (SSSR count). The van der Waals surface area contributed by atoms with Gasteiger partial charge in [-0.25, -0.2) is 9.37 Å². The Bertz CT molecular complexity index is 547. The summed E-state index contributed by atoms with van der Waals surface area (Å²) in [5.74, 6) is 0.542. The molecule has 0 fully saturated rings. The highest BCUT2D eigenvalue weighted by Gasteiger charge is 2.07. The normalized spacial score (nSPS) is 10.3. The SMILES string of the molecule is CCNc1cc(Sc2ccccc2F)nc(N)n1. The van der Waals surface area contributed by atoms with E-state index in [0.29, 0.717) is 15.7 Å². The number of benzene rings is 1. The number of aromatic nitrogens is 2. The van der Waals surface area contributed by atoms with Gasteiger partial charge in [0, 0.05) is 17.5 Å². The van der Waals surface area contributed by atoms with Crippen molar-refractivity contribution in [2.24, 2.45) is 0 Å². The average Bonchev–Trinajstić information content (AvgIpc) is 2.32. The van der Waals surface area contributed by atoms with Gasteiger partial charge in [0.1, 0.15) is 16.7 Å². The van der Waals surface area contributed by atoms with Crippen molar-refractivity contribution in [1.29, 1.82) is 0 Å². The van der Waals surface area contributed by atoms with Crippen LogP contribution in [0.2, 0.25) is 0 Å². The highest BCUT2D eigenvalue weighted by atomic mass is 32.2. The smallest absolute Gasteiger partial charge is 0.223 e. The molecule has 0 saturated carbocycles. The first-order valence-electron chi connectivity index (χ1n) is 5.50.